The summed E-state index contributed by atoms with van der Waals surface area (Å²) in [6.07, 6.45) is 1.08. The maximum absolute atomic E-state index is 12.7. The van der Waals surface area contributed by atoms with Crippen molar-refractivity contribution in [1.29, 1.82) is 0 Å². The second-order valence-corrected chi connectivity index (χ2v) is 8.34. The summed E-state index contributed by atoms with van der Waals surface area (Å²) in [4.78, 5) is 0.328. The second-order valence-electron chi connectivity index (χ2n) is 6.00. The molecule has 0 radical (unpaired) electrons. The van der Waals surface area contributed by atoms with Gasteiger partial charge in [-0.1, -0.05) is 13.8 Å². The lowest BCUT2D eigenvalue weighted by molar-refractivity contribution is 0.222. The van der Waals surface area contributed by atoms with Gasteiger partial charge in [-0.25, -0.2) is 8.42 Å². The zero-order valence-electron chi connectivity index (χ0n) is 13.2. The zero-order chi connectivity index (χ0) is 16.3. The first-order valence-corrected chi connectivity index (χ1v) is 9.26. The Labute approximate surface area is 138 Å². The minimum atomic E-state index is -3.42. The molecule has 0 bridgehead atoms. The Kier molecular flexibility index (Phi) is 5.41. The number of anilines is 1. The quantitative estimate of drug-likeness (QED) is 0.826. The highest BCUT2D eigenvalue weighted by atomic mass is 32.2. The van der Waals surface area contributed by atoms with Gasteiger partial charge in [-0.15, -0.1) is 0 Å². The molecule has 1 aromatic carbocycles. The first-order valence-electron chi connectivity index (χ1n) is 7.42. The maximum Gasteiger partial charge on any atom is 0.243 e. The predicted molar refractivity (Wildman–Crippen MR) is 93.4 cm³/mol. The van der Waals surface area contributed by atoms with Gasteiger partial charge >= 0.3 is 0 Å². The summed E-state index contributed by atoms with van der Waals surface area (Å²) in [5.41, 5.74) is 0.763. The molecule has 22 heavy (non-hydrogen) atoms. The fourth-order valence-electron chi connectivity index (χ4n) is 2.85. The van der Waals surface area contributed by atoms with E-state index in [1.54, 1.807) is 35.6 Å². The molecule has 2 N–H and O–H groups in total. The van der Waals surface area contributed by atoms with Crippen molar-refractivity contribution < 1.29 is 8.42 Å². The molecule has 0 amide bonds. The largest absolute Gasteiger partial charge is 0.366 e. The molecule has 0 aliphatic carbocycles. The van der Waals surface area contributed by atoms with Crippen LogP contribution in [0.3, 0.4) is 0 Å². The van der Waals surface area contributed by atoms with Crippen LogP contribution in [0.4, 0.5) is 5.69 Å². The van der Waals surface area contributed by atoms with E-state index in [0.717, 1.165) is 12.1 Å². The number of sulfonamides is 1. The number of benzene rings is 1. The lowest BCUT2D eigenvalue weighted by atomic mass is 9.94. The highest BCUT2D eigenvalue weighted by molar-refractivity contribution is 7.89. The van der Waals surface area contributed by atoms with Gasteiger partial charge in [0, 0.05) is 25.8 Å². The van der Waals surface area contributed by atoms with Crippen LogP contribution in [0, 0.1) is 11.8 Å². The summed E-state index contributed by atoms with van der Waals surface area (Å²) >= 11 is 5.02. The number of rotatable bonds is 3. The number of hydrogen-bond donors (Lipinski definition) is 2. The molecule has 0 aromatic heterocycles. The number of hydrogen-bond acceptors (Lipinski definition) is 3. The lowest BCUT2D eigenvalue weighted by Crippen LogP contribution is -2.42. The molecule has 7 heteroatoms. The SMILES string of the molecule is CNC(=S)Nc1ccc(S(=O)(=O)N2C[C@@H](C)C[C@H](C)C2)cc1. The first kappa shape index (κ1) is 17.2. The molecular weight excluding hydrogens is 318 g/mol. The van der Waals surface area contributed by atoms with Crippen molar-refractivity contribution in [3.8, 4) is 0 Å². The van der Waals surface area contributed by atoms with Crippen LogP contribution in [0.15, 0.2) is 29.2 Å². The van der Waals surface area contributed by atoms with Gasteiger partial charge in [-0.05, 0) is 54.7 Å². The lowest BCUT2D eigenvalue weighted by Gasteiger charge is -2.34. The normalized spacial score (nSPS) is 23.0. The smallest absolute Gasteiger partial charge is 0.243 e. The van der Waals surface area contributed by atoms with Crippen LogP contribution >= 0.6 is 12.2 Å². The van der Waals surface area contributed by atoms with Gasteiger partial charge in [0.15, 0.2) is 5.11 Å². The van der Waals surface area contributed by atoms with Crippen molar-refractivity contribution in [3.05, 3.63) is 24.3 Å². The Morgan fingerprint density at radius 3 is 2.23 bits per heavy atom. The van der Waals surface area contributed by atoms with Crippen molar-refractivity contribution in [2.75, 3.05) is 25.5 Å². The first-order chi connectivity index (χ1) is 10.3. The third-order valence-corrected chi connectivity index (χ3v) is 5.96. The Morgan fingerprint density at radius 1 is 1.18 bits per heavy atom. The van der Waals surface area contributed by atoms with Crippen LogP contribution in [0.25, 0.3) is 0 Å². The van der Waals surface area contributed by atoms with Crippen molar-refractivity contribution in [1.82, 2.24) is 9.62 Å². The molecule has 1 fully saturated rings. The van der Waals surface area contributed by atoms with Gasteiger partial charge in [-0.3, -0.25) is 0 Å². The fraction of sp³-hybridized carbons (Fsp3) is 0.533. The molecule has 122 valence electrons. The van der Waals surface area contributed by atoms with Gasteiger partial charge < -0.3 is 10.6 Å². The summed E-state index contributed by atoms with van der Waals surface area (Å²) in [6, 6.07) is 6.71. The van der Waals surface area contributed by atoms with E-state index in [4.69, 9.17) is 12.2 Å². The van der Waals surface area contributed by atoms with Gasteiger partial charge in [0.1, 0.15) is 0 Å². The molecule has 2 atom stereocenters. The van der Waals surface area contributed by atoms with Crippen LogP contribution < -0.4 is 10.6 Å². The number of nitrogens with zero attached hydrogens (tertiary/aromatic N) is 1. The number of piperidine rings is 1. The molecular formula is C15H23N3O2S2. The highest BCUT2D eigenvalue weighted by Crippen LogP contribution is 2.27. The van der Waals surface area contributed by atoms with Crippen molar-refractivity contribution in [2.24, 2.45) is 11.8 Å². The molecule has 2 rings (SSSR count). The van der Waals surface area contributed by atoms with E-state index >= 15 is 0 Å². The minimum absolute atomic E-state index is 0.328. The number of nitrogens with one attached hydrogen (secondary N) is 2. The molecule has 1 aliphatic heterocycles. The van der Waals surface area contributed by atoms with Crippen LogP contribution in [0.1, 0.15) is 20.3 Å². The van der Waals surface area contributed by atoms with E-state index in [2.05, 4.69) is 24.5 Å². The molecule has 1 heterocycles. The molecule has 0 unspecified atom stereocenters. The third-order valence-electron chi connectivity index (χ3n) is 3.81. The van der Waals surface area contributed by atoms with Gasteiger partial charge in [0.2, 0.25) is 10.0 Å². The Balaban J connectivity index is 2.17. The maximum atomic E-state index is 12.7. The summed E-state index contributed by atoms with van der Waals surface area (Å²) in [6.45, 7) is 5.39. The van der Waals surface area contributed by atoms with Gasteiger partial charge in [-0.2, -0.15) is 4.31 Å². The zero-order valence-corrected chi connectivity index (χ0v) is 14.8. The van der Waals surface area contributed by atoms with E-state index in [9.17, 15) is 8.42 Å². The van der Waals surface area contributed by atoms with Crippen LogP contribution in [0.5, 0.6) is 0 Å². The topological polar surface area (TPSA) is 61.4 Å². The summed E-state index contributed by atoms with van der Waals surface area (Å²) in [5, 5.41) is 6.28. The monoisotopic (exact) mass is 341 g/mol. The highest BCUT2D eigenvalue weighted by Gasteiger charge is 2.31. The fourth-order valence-corrected chi connectivity index (χ4v) is 4.65. The Morgan fingerprint density at radius 2 is 1.73 bits per heavy atom. The van der Waals surface area contributed by atoms with Crippen molar-refractivity contribution in [3.63, 3.8) is 0 Å². The molecule has 0 saturated carbocycles. The predicted octanol–water partition coefficient (Wildman–Crippen LogP) is 2.27. The summed E-state index contributed by atoms with van der Waals surface area (Å²) in [5.74, 6) is 0.792. The minimum Gasteiger partial charge on any atom is -0.366 e. The van der Waals surface area contributed by atoms with Crippen molar-refractivity contribution >= 4 is 33.0 Å². The van der Waals surface area contributed by atoms with E-state index in [0.29, 0.717) is 34.9 Å². The van der Waals surface area contributed by atoms with Gasteiger partial charge in [0.05, 0.1) is 4.90 Å². The summed E-state index contributed by atoms with van der Waals surface area (Å²) < 4.78 is 27.1. The number of thiocarbonyl (C=S) groups is 1. The Hall–Kier alpha value is -1.18. The van der Waals surface area contributed by atoms with E-state index in [1.807, 2.05) is 0 Å². The third kappa shape index (κ3) is 3.97. The average Bonchev–Trinajstić information content (AvgIpc) is 2.46. The average molecular weight is 342 g/mol. The van der Waals surface area contributed by atoms with Crippen LogP contribution in [-0.2, 0) is 10.0 Å². The van der Waals surface area contributed by atoms with Crippen LogP contribution in [0.2, 0.25) is 0 Å². The molecule has 0 spiro atoms. The summed E-state index contributed by atoms with van der Waals surface area (Å²) in [7, 11) is -1.69. The molecule has 5 nitrogen and oxygen atoms in total. The molecule has 1 aromatic rings. The van der Waals surface area contributed by atoms with E-state index in [-0.39, 0.29) is 0 Å². The van der Waals surface area contributed by atoms with E-state index in [1.165, 1.54) is 0 Å². The Bertz CT molecular complexity index is 619. The van der Waals surface area contributed by atoms with Gasteiger partial charge in [0.25, 0.3) is 0 Å². The van der Waals surface area contributed by atoms with Crippen molar-refractivity contribution in [2.45, 2.75) is 25.2 Å². The standard InChI is InChI=1S/C15H23N3O2S2/c1-11-8-12(2)10-18(9-11)22(19,20)14-6-4-13(5-7-14)17-15(21)16-3/h4-7,11-12H,8-10H2,1-3H3,(H2,16,17,21)/t11-,12-/m0/s1. The molecule has 1 saturated heterocycles. The molecule has 1 aliphatic rings. The second kappa shape index (κ2) is 6.93. The van der Waals surface area contributed by atoms with Crippen LogP contribution in [-0.4, -0.2) is 38.0 Å². The van der Waals surface area contributed by atoms with E-state index < -0.39 is 10.0 Å².